The predicted octanol–water partition coefficient (Wildman–Crippen LogP) is 4.85. The number of halogens is 1. The molecule has 1 aliphatic carbocycles. The van der Waals surface area contributed by atoms with Crippen LogP contribution in [0.5, 0.6) is 5.75 Å². The first-order chi connectivity index (χ1) is 10.3. The molecule has 0 spiro atoms. The molecule has 1 aliphatic rings. The van der Waals surface area contributed by atoms with Crippen LogP contribution in [0, 0.1) is 11.7 Å². The summed E-state index contributed by atoms with van der Waals surface area (Å²) in [6.45, 7) is 3.06. The van der Waals surface area contributed by atoms with E-state index in [1.54, 1.807) is 6.07 Å². The molecule has 1 aromatic rings. The van der Waals surface area contributed by atoms with Crippen molar-refractivity contribution in [2.45, 2.75) is 57.9 Å². The summed E-state index contributed by atoms with van der Waals surface area (Å²) in [5.41, 5.74) is 0.751. The lowest BCUT2D eigenvalue weighted by atomic mass is 9.94. The van der Waals surface area contributed by atoms with Crippen LogP contribution in [0.1, 0.15) is 63.5 Å². The third kappa shape index (κ3) is 4.44. The van der Waals surface area contributed by atoms with E-state index in [0.717, 1.165) is 30.9 Å². The Hall–Kier alpha value is -1.09. The monoisotopic (exact) mass is 293 g/mol. The molecule has 0 saturated heterocycles. The number of methoxy groups -OCH3 is 1. The average Bonchev–Trinajstić information content (AvgIpc) is 3.01. The molecule has 118 valence electrons. The molecule has 1 unspecified atom stereocenters. The fraction of sp³-hybridized carbons (Fsp3) is 0.667. The zero-order chi connectivity index (χ0) is 15.1. The Morgan fingerprint density at radius 3 is 2.76 bits per heavy atom. The fourth-order valence-electron chi connectivity index (χ4n) is 3.34. The molecule has 1 saturated carbocycles. The molecular formula is C18H28FNO. The largest absolute Gasteiger partial charge is 0.494 e. The first-order valence-electron chi connectivity index (χ1n) is 8.32. The summed E-state index contributed by atoms with van der Waals surface area (Å²) in [5.74, 6) is 0.973. The van der Waals surface area contributed by atoms with Crippen molar-refractivity contribution in [3.63, 3.8) is 0 Å². The first-order valence-corrected chi connectivity index (χ1v) is 8.32. The van der Waals surface area contributed by atoms with E-state index in [-0.39, 0.29) is 11.9 Å². The van der Waals surface area contributed by atoms with Crippen LogP contribution in [0.3, 0.4) is 0 Å². The highest BCUT2D eigenvalue weighted by Crippen LogP contribution is 2.33. The summed E-state index contributed by atoms with van der Waals surface area (Å²) < 4.78 is 19.6. The van der Waals surface area contributed by atoms with Gasteiger partial charge in [-0.15, -0.1) is 0 Å². The van der Waals surface area contributed by atoms with E-state index in [9.17, 15) is 4.39 Å². The van der Waals surface area contributed by atoms with Gasteiger partial charge in [-0.2, -0.15) is 0 Å². The molecule has 0 amide bonds. The number of ether oxygens (including phenoxy) is 1. The molecule has 0 aromatic heterocycles. The molecule has 2 nitrogen and oxygen atoms in total. The van der Waals surface area contributed by atoms with Crippen LogP contribution >= 0.6 is 0 Å². The number of hydrogen-bond donors (Lipinski definition) is 1. The van der Waals surface area contributed by atoms with Gasteiger partial charge >= 0.3 is 0 Å². The van der Waals surface area contributed by atoms with E-state index in [1.165, 1.54) is 39.2 Å². The molecule has 1 fully saturated rings. The number of hydrogen-bond acceptors (Lipinski definition) is 2. The zero-order valence-electron chi connectivity index (χ0n) is 13.3. The quantitative estimate of drug-likeness (QED) is 0.740. The van der Waals surface area contributed by atoms with Crippen molar-refractivity contribution in [2.75, 3.05) is 13.7 Å². The maximum absolute atomic E-state index is 14.5. The molecule has 1 atom stereocenters. The molecule has 0 heterocycles. The average molecular weight is 293 g/mol. The van der Waals surface area contributed by atoms with Gasteiger partial charge in [-0.25, -0.2) is 4.39 Å². The van der Waals surface area contributed by atoms with E-state index in [0.29, 0.717) is 5.75 Å². The highest BCUT2D eigenvalue weighted by molar-refractivity contribution is 5.33. The Labute approximate surface area is 128 Å². The minimum atomic E-state index is -0.208. The van der Waals surface area contributed by atoms with Gasteiger partial charge in [0.05, 0.1) is 7.11 Å². The van der Waals surface area contributed by atoms with Crippen molar-refractivity contribution in [2.24, 2.45) is 5.92 Å². The van der Waals surface area contributed by atoms with Gasteiger partial charge in [-0.3, -0.25) is 0 Å². The second-order valence-electron chi connectivity index (χ2n) is 6.10. The standard InChI is InChI=1S/C18H28FNO/c1-3-13-20-16(12-11-14-7-4-5-8-14)15-9-6-10-17(21-2)18(15)19/h6,9-10,14,16,20H,3-5,7-8,11-13H2,1-2H3. The lowest BCUT2D eigenvalue weighted by molar-refractivity contribution is 0.369. The highest BCUT2D eigenvalue weighted by Gasteiger charge is 2.21. The van der Waals surface area contributed by atoms with Crippen molar-refractivity contribution in [3.05, 3.63) is 29.6 Å². The summed E-state index contributed by atoms with van der Waals surface area (Å²) in [7, 11) is 1.52. The third-order valence-corrected chi connectivity index (χ3v) is 4.57. The summed E-state index contributed by atoms with van der Waals surface area (Å²) in [6, 6.07) is 5.56. The van der Waals surface area contributed by atoms with Crippen molar-refractivity contribution in [1.82, 2.24) is 5.32 Å². The zero-order valence-corrected chi connectivity index (χ0v) is 13.3. The summed E-state index contributed by atoms with van der Waals surface area (Å²) in [5, 5.41) is 3.51. The van der Waals surface area contributed by atoms with Crippen molar-refractivity contribution in [1.29, 1.82) is 0 Å². The van der Waals surface area contributed by atoms with E-state index in [1.807, 2.05) is 12.1 Å². The second-order valence-corrected chi connectivity index (χ2v) is 6.10. The second kappa shape index (κ2) is 8.38. The molecule has 1 aromatic carbocycles. The van der Waals surface area contributed by atoms with Crippen molar-refractivity contribution >= 4 is 0 Å². The Balaban J connectivity index is 2.06. The van der Waals surface area contributed by atoms with Gasteiger partial charge in [0.1, 0.15) is 0 Å². The van der Waals surface area contributed by atoms with E-state index in [2.05, 4.69) is 12.2 Å². The minimum Gasteiger partial charge on any atom is -0.494 e. The topological polar surface area (TPSA) is 21.3 Å². The maximum Gasteiger partial charge on any atom is 0.169 e. The van der Waals surface area contributed by atoms with Crippen LogP contribution in [-0.2, 0) is 0 Å². The normalized spacial score (nSPS) is 17.1. The molecular weight excluding hydrogens is 265 g/mol. The van der Waals surface area contributed by atoms with E-state index < -0.39 is 0 Å². The first kappa shape index (κ1) is 16.3. The molecule has 0 bridgehead atoms. The Kier molecular flexibility index (Phi) is 6.50. The van der Waals surface area contributed by atoms with Crippen LogP contribution in [0.2, 0.25) is 0 Å². The number of nitrogens with one attached hydrogen (secondary N) is 1. The smallest absolute Gasteiger partial charge is 0.169 e. The fourth-order valence-corrected chi connectivity index (χ4v) is 3.34. The van der Waals surface area contributed by atoms with Gasteiger partial charge in [0, 0.05) is 11.6 Å². The molecule has 1 N–H and O–H groups in total. The summed E-state index contributed by atoms with van der Waals surface area (Å²) in [4.78, 5) is 0. The predicted molar refractivity (Wildman–Crippen MR) is 85.2 cm³/mol. The van der Waals surface area contributed by atoms with Gasteiger partial charge in [0.2, 0.25) is 0 Å². The van der Waals surface area contributed by atoms with Crippen LogP contribution in [0.15, 0.2) is 18.2 Å². The van der Waals surface area contributed by atoms with Gasteiger partial charge in [-0.1, -0.05) is 44.7 Å². The van der Waals surface area contributed by atoms with Gasteiger partial charge < -0.3 is 10.1 Å². The summed E-state index contributed by atoms with van der Waals surface area (Å²) >= 11 is 0. The lowest BCUT2D eigenvalue weighted by Crippen LogP contribution is -2.24. The van der Waals surface area contributed by atoms with Gasteiger partial charge in [0.15, 0.2) is 11.6 Å². The third-order valence-electron chi connectivity index (χ3n) is 4.57. The Morgan fingerprint density at radius 2 is 2.10 bits per heavy atom. The van der Waals surface area contributed by atoms with Crippen LogP contribution in [0.4, 0.5) is 4.39 Å². The van der Waals surface area contributed by atoms with Crippen molar-refractivity contribution in [3.8, 4) is 5.75 Å². The van der Waals surface area contributed by atoms with E-state index in [4.69, 9.17) is 4.74 Å². The van der Waals surface area contributed by atoms with Crippen LogP contribution < -0.4 is 10.1 Å². The summed E-state index contributed by atoms with van der Waals surface area (Å²) in [6.07, 6.45) is 8.69. The minimum absolute atomic E-state index is 0.0978. The molecule has 0 radical (unpaired) electrons. The molecule has 21 heavy (non-hydrogen) atoms. The maximum atomic E-state index is 14.5. The Morgan fingerprint density at radius 1 is 1.33 bits per heavy atom. The number of benzene rings is 1. The van der Waals surface area contributed by atoms with E-state index >= 15 is 0 Å². The van der Waals surface area contributed by atoms with Gasteiger partial charge in [-0.05, 0) is 37.8 Å². The molecule has 3 heteroatoms. The molecule has 2 rings (SSSR count). The molecule has 0 aliphatic heterocycles. The Bertz CT molecular complexity index is 429. The van der Waals surface area contributed by atoms with Crippen LogP contribution in [-0.4, -0.2) is 13.7 Å². The SMILES string of the molecule is CCCNC(CCC1CCCC1)c1cccc(OC)c1F. The van der Waals surface area contributed by atoms with Crippen molar-refractivity contribution < 1.29 is 9.13 Å². The lowest BCUT2D eigenvalue weighted by Gasteiger charge is -2.22. The highest BCUT2D eigenvalue weighted by atomic mass is 19.1. The van der Waals surface area contributed by atoms with Gasteiger partial charge in [0.25, 0.3) is 0 Å². The number of rotatable bonds is 8. The van der Waals surface area contributed by atoms with Crippen LogP contribution in [0.25, 0.3) is 0 Å².